The topological polar surface area (TPSA) is 38.5 Å². The lowest BCUT2D eigenvalue weighted by molar-refractivity contribution is 0.260. The zero-order chi connectivity index (χ0) is 12.0. The third-order valence-corrected chi connectivity index (χ3v) is 2.97. The molecular formula is C13H22N2O. The fourth-order valence-corrected chi connectivity index (χ4v) is 1.67. The molecule has 0 radical (unpaired) electrons. The monoisotopic (exact) mass is 222 g/mol. The Hall–Kier alpha value is -1.06. The highest BCUT2D eigenvalue weighted by Crippen LogP contribution is 2.21. The van der Waals surface area contributed by atoms with E-state index in [1.54, 1.807) is 7.11 Å². The zero-order valence-electron chi connectivity index (χ0n) is 10.4. The molecule has 0 saturated heterocycles. The van der Waals surface area contributed by atoms with E-state index in [1.165, 1.54) is 5.56 Å². The minimum absolute atomic E-state index is 0.414. The first kappa shape index (κ1) is 13.0. The molecule has 16 heavy (non-hydrogen) atoms. The molecule has 0 aliphatic heterocycles. The van der Waals surface area contributed by atoms with Gasteiger partial charge in [-0.25, -0.2) is 0 Å². The molecule has 0 heterocycles. The highest BCUT2D eigenvalue weighted by molar-refractivity contribution is 5.28. The SMILES string of the molecule is COc1ccc(C(C)N(C)CCCN)cc1. The number of methoxy groups -OCH3 is 1. The molecule has 3 nitrogen and oxygen atoms in total. The van der Waals surface area contributed by atoms with E-state index in [0.717, 1.165) is 25.3 Å². The minimum Gasteiger partial charge on any atom is -0.497 e. The van der Waals surface area contributed by atoms with Crippen LogP contribution in [0.2, 0.25) is 0 Å². The molecule has 0 aliphatic rings. The second kappa shape index (κ2) is 6.51. The maximum Gasteiger partial charge on any atom is 0.118 e. The number of nitrogens with two attached hydrogens (primary N) is 1. The summed E-state index contributed by atoms with van der Waals surface area (Å²) < 4.78 is 5.14. The summed E-state index contributed by atoms with van der Waals surface area (Å²) >= 11 is 0. The maximum absolute atomic E-state index is 5.51. The second-order valence-corrected chi connectivity index (χ2v) is 4.07. The predicted molar refractivity (Wildman–Crippen MR) is 67.7 cm³/mol. The summed E-state index contributed by atoms with van der Waals surface area (Å²) in [6.07, 6.45) is 1.04. The van der Waals surface area contributed by atoms with Crippen molar-refractivity contribution in [2.75, 3.05) is 27.2 Å². The van der Waals surface area contributed by atoms with Crippen molar-refractivity contribution in [3.63, 3.8) is 0 Å². The molecule has 0 bridgehead atoms. The molecule has 2 N–H and O–H groups in total. The average Bonchev–Trinajstić information content (AvgIpc) is 2.35. The van der Waals surface area contributed by atoms with Crippen LogP contribution in [0.3, 0.4) is 0 Å². The Labute approximate surface area is 98.2 Å². The van der Waals surface area contributed by atoms with Crippen molar-refractivity contribution in [2.24, 2.45) is 5.73 Å². The van der Waals surface area contributed by atoms with Crippen LogP contribution >= 0.6 is 0 Å². The molecule has 1 atom stereocenters. The first-order valence-electron chi connectivity index (χ1n) is 5.73. The lowest BCUT2D eigenvalue weighted by Crippen LogP contribution is -2.25. The van der Waals surface area contributed by atoms with Gasteiger partial charge in [0.15, 0.2) is 0 Å². The maximum atomic E-state index is 5.51. The summed E-state index contributed by atoms with van der Waals surface area (Å²) in [5.74, 6) is 0.903. The Morgan fingerprint density at radius 3 is 2.44 bits per heavy atom. The number of nitrogens with zero attached hydrogens (tertiary/aromatic N) is 1. The summed E-state index contributed by atoms with van der Waals surface area (Å²) in [6, 6.07) is 8.65. The molecule has 0 fully saturated rings. The van der Waals surface area contributed by atoms with Crippen molar-refractivity contribution in [2.45, 2.75) is 19.4 Å². The minimum atomic E-state index is 0.414. The molecule has 0 aromatic heterocycles. The van der Waals surface area contributed by atoms with Gasteiger partial charge < -0.3 is 10.5 Å². The van der Waals surface area contributed by atoms with Gasteiger partial charge in [-0.2, -0.15) is 0 Å². The van der Waals surface area contributed by atoms with E-state index in [4.69, 9.17) is 10.5 Å². The number of benzene rings is 1. The Kier molecular flexibility index (Phi) is 5.29. The molecule has 0 saturated carbocycles. The molecule has 90 valence electrons. The highest BCUT2D eigenvalue weighted by atomic mass is 16.5. The highest BCUT2D eigenvalue weighted by Gasteiger charge is 2.10. The quantitative estimate of drug-likeness (QED) is 0.800. The van der Waals surface area contributed by atoms with E-state index >= 15 is 0 Å². The van der Waals surface area contributed by atoms with E-state index in [2.05, 4.69) is 31.0 Å². The van der Waals surface area contributed by atoms with Gasteiger partial charge in [0.25, 0.3) is 0 Å². The molecule has 0 spiro atoms. The lowest BCUT2D eigenvalue weighted by Gasteiger charge is -2.24. The number of hydrogen-bond acceptors (Lipinski definition) is 3. The standard InChI is InChI=1S/C13H22N2O/c1-11(15(2)10-4-9-14)12-5-7-13(16-3)8-6-12/h5-8,11H,4,9-10,14H2,1-3H3. The van der Waals surface area contributed by atoms with Crippen LogP contribution in [-0.4, -0.2) is 32.1 Å². The van der Waals surface area contributed by atoms with E-state index in [-0.39, 0.29) is 0 Å². The van der Waals surface area contributed by atoms with Crippen molar-refractivity contribution in [1.29, 1.82) is 0 Å². The molecule has 3 heteroatoms. The van der Waals surface area contributed by atoms with Crippen molar-refractivity contribution in [1.82, 2.24) is 4.90 Å². The summed E-state index contributed by atoms with van der Waals surface area (Å²) in [7, 11) is 3.82. The largest absolute Gasteiger partial charge is 0.497 e. The van der Waals surface area contributed by atoms with Crippen LogP contribution in [0.1, 0.15) is 24.9 Å². The first-order chi connectivity index (χ1) is 7.69. The fraction of sp³-hybridized carbons (Fsp3) is 0.538. The summed E-state index contributed by atoms with van der Waals surface area (Å²) in [6.45, 7) is 3.99. The van der Waals surface area contributed by atoms with Gasteiger partial charge in [-0.3, -0.25) is 4.90 Å². The van der Waals surface area contributed by atoms with Gasteiger partial charge in [-0.15, -0.1) is 0 Å². The van der Waals surface area contributed by atoms with Crippen molar-refractivity contribution in [3.8, 4) is 5.75 Å². The van der Waals surface area contributed by atoms with Crippen molar-refractivity contribution in [3.05, 3.63) is 29.8 Å². The van der Waals surface area contributed by atoms with E-state index < -0.39 is 0 Å². The second-order valence-electron chi connectivity index (χ2n) is 4.07. The van der Waals surface area contributed by atoms with Crippen LogP contribution in [0.4, 0.5) is 0 Å². The summed E-state index contributed by atoms with van der Waals surface area (Å²) in [5, 5.41) is 0. The van der Waals surface area contributed by atoms with Crippen LogP contribution < -0.4 is 10.5 Å². The van der Waals surface area contributed by atoms with Gasteiger partial charge >= 0.3 is 0 Å². The van der Waals surface area contributed by atoms with Crippen molar-refractivity contribution >= 4 is 0 Å². The van der Waals surface area contributed by atoms with E-state index in [0.29, 0.717) is 6.04 Å². The van der Waals surface area contributed by atoms with E-state index in [1.807, 2.05) is 12.1 Å². The van der Waals surface area contributed by atoms with Gasteiger partial charge in [0, 0.05) is 6.04 Å². The van der Waals surface area contributed by atoms with Crippen LogP contribution in [0.15, 0.2) is 24.3 Å². The zero-order valence-corrected chi connectivity index (χ0v) is 10.4. The van der Waals surface area contributed by atoms with Crippen LogP contribution in [0.25, 0.3) is 0 Å². The average molecular weight is 222 g/mol. The molecule has 1 aromatic rings. The molecule has 0 amide bonds. The molecule has 1 aromatic carbocycles. The van der Waals surface area contributed by atoms with Gasteiger partial charge in [-0.05, 0) is 51.2 Å². The summed E-state index contributed by atoms with van der Waals surface area (Å²) in [4.78, 5) is 2.31. The van der Waals surface area contributed by atoms with Gasteiger partial charge in [-0.1, -0.05) is 12.1 Å². The van der Waals surface area contributed by atoms with Crippen LogP contribution in [-0.2, 0) is 0 Å². The summed E-state index contributed by atoms with van der Waals surface area (Å²) in [5.41, 5.74) is 6.82. The molecule has 0 aliphatic carbocycles. The normalized spacial score (nSPS) is 12.8. The molecule has 1 rings (SSSR count). The Morgan fingerprint density at radius 1 is 1.31 bits per heavy atom. The number of hydrogen-bond donors (Lipinski definition) is 1. The predicted octanol–water partition coefficient (Wildman–Crippen LogP) is 2.04. The van der Waals surface area contributed by atoms with E-state index in [9.17, 15) is 0 Å². The smallest absolute Gasteiger partial charge is 0.118 e. The van der Waals surface area contributed by atoms with Crippen LogP contribution in [0, 0.1) is 0 Å². The Morgan fingerprint density at radius 2 is 1.94 bits per heavy atom. The lowest BCUT2D eigenvalue weighted by atomic mass is 10.1. The number of rotatable bonds is 6. The fourth-order valence-electron chi connectivity index (χ4n) is 1.67. The molecule has 1 unspecified atom stereocenters. The van der Waals surface area contributed by atoms with Gasteiger partial charge in [0.05, 0.1) is 7.11 Å². The van der Waals surface area contributed by atoms with Gasteiger partial charge in [0.2, 0.25) is 0 Å². The first-order valence-corrected chi connectivity index (χ1v) is 5.73. The van der Waals surface area contributed by atoms with Gasteiger partial charge in [0.1, 0.15) is 5.75 Å². The molecular weight excluding hydrogens is 200 g/mol. The Balaban J connectivity index is 2.60. The number of ether oxygens (including phenoxy) is 1. The Bertz CT molecular complexity index is 297. The van der Waals surface area contributed by atoms with Crippen molar-refractivity contribution < 1.29 is 4.74 Å². The van der Waals surface area contributed by atoms with Crippen LogP contribution in [0.5, 0.6) is 5.75 Å². The third-order valence-electron chi connectivity index (χ3n) is 2.97. The third kappa shape index (κ3) is 3.51.